The average molecular weight is 283 g/mol. The van der Waals surface area contributed by atoms with E-state index >= 15 is 0 Å². The first-order chi connectivity index (χ1) is 9.22. The maximum atomic E-state index is 9.31. The average Bonchev–Trinajstić information content (AvgIpc) is 2.98. The molecule has 0 spiro atoms. The highest BCUT2D eigenvalue weighted by molar-refractivity contribution is 7.99. The van der Waals surface area contributed by atoms with Gasteiger partial charge in [0.15, 0.2) is 5.16 Å². The zero-order valence-corrected chi connectivity index (χ0v) is 10.9. The maximum absolute atomic E-state index is 9.31. The first-order valence-electron chi connectivity index (χ1n) is 5.43. The Bertz CT molecular complexity index is 521. The quantitative estimate of drug-likeness (QED) is 0.569. The Morgan fingerprint density at radius 3 is 2.89 bits per heavy atom. The Balaban J connectivity index is 2.21. The van der Waals surface area contributed by atoms with Gasteiger partial charge in [0.25, 0.3) is 5.95 Å². The molecule has 0 saturated carbocycles. The van der Waals surface area contributed by atoms with Crippen LogP contribution in [0.25, 0.3) is 5.95 Å². The summed E-state index contributed by atoms with van der Waals surface area (Å²) in [5.74, 6) is 1.01. The van der Waals surface area contributed by atoms with Crippen LogP contribution in [0.3, 0.4) is 0 Å². The van der Waals surface area contributed by atoms with Gasteiger partial charge in [0.2, 0.25) is 5.95 Å². The van der Waals surface area contributed by atoms with E-state index in [9.17, 15) is 5.11 Å². The molecule has 19 heavy (non-hydrogen) atoms. The Labute approximate surface area is 113 Å². The molecule has 2 heterocycles. The number of anilines is 1. The Kier molecular flexibility index (Phi) is 4.60. The van der Waals surface area contributed by atoms with E-state index in [-0.39, 0.29) is 6.61 Å². The first kappa shape index (κ1) is 13.6. The molecule has 2 aromatic heterocycles. The molecule has 3 N–H and O–H groups in total. The second-order valence-corrected chi connectivity index (χ2v) is 4.47. The second-order valence-electron chi connectivity index (χ2n) is 3.48. The van der Waals surface area contributed by atoms with Crippen molar-refractivity contribution in [3.05, 3.63) is 12.7 Å². The predicted octanol–water partition coefficient (Wildman–Crippen LogP) is -1.06. The van der Waals surface area contributed by atoms with Gasteiger partial charge >= 0.3 is 0 Å². The highest BCUT2D eigenvalue weighted by atomic mass is 32.2. The molecule has 10 heteroatoms. The fraction of sp³-hybridized carbons (Fsp3) is 0.444. The van der Waals surface area contributed by atoms with Crippen molar-refractivity contribution in [2.75, 3.05) is 24.7 Å². The molecule has 0 aliphatic rings. The Hall–Kier alpha value is -1.78. The van der Waals surface area contributed by atoms with Crippen molar-refractivity contribution < 1.29 is 10.2 Å². The number of nitrogens with zero attached hydrogens (tertiary/aromatic N) is 6. The molecule has 1 atom stereocenters. The molecule has 102 valence electrons. The highest BCUT2D eigenvalue weighted by Crippen LogP contribution is 2.16. The van der Waals surface area contributed by atoms with Crippen LogP contribution in [0.15, 0.2) is 17.8 Å². The summed E-state index contributed by atoms with van der Waals surface area (Å²) in [5.41, 5.74) is 0. The molecule has 0 radical (unpaired) electrons. The van der Waals surface area contributed by atoms with Gasteiger partial charge in [-0.15, -0.1) is 0 Å². The molecule has 0 bridgehead atoms. The topological polar surface area (TPSA) is 122 Å². The molecule has 2 rings (SSSR count). The van der Waals surface area contributed by atoms with Crippen LogP contribution >= 0.6 is 11.8 Å². The minimum Gasteiger partial charge on any atom is -0.394 e. The number of hydrogen-bond acceptors (Lipinski definition) is 9. The smallest absolute Gasteiger partial charge is 0.257 e. The summed E-state index contributed by atoms with van der Waals surface area (Å²) >= 11 is 1.22. The summed E-state index contributed by atoms with van der Waals surface area (Å²) in [7, 11) is 1.69. The van der Waals surface area contributed by atoms with Crippen molar-refractivity contribution in [1.29, 1.82) is 0 Å². The summed E-state index contributed by atoms with van der Waals surface area (Å²) in [6, 6.07) is 0. The molecule has 0 saturated heterocycles. The lowest BCUT2D eigenvalue weighted by Gasteiger charge is -2.07. The van der Waals surface area contributed by atoms with Gasteiger partial charge in [-0.25, -0.2) is 4.98 Å². The van der Waals surface area contributed by atoms with Gasteiger partial charge in [-0.05, 0) is 0 Å². The fourth-order valence-corrected chi connectivity index (χ4v) is 1.90. The van der Waals surface area contributed by atoms with E-state index in [1.165, 1.54) is 29.1 Å². The van der Waals surface area contributed by atoms with Crippen LogP contribution in [0.2, 0.25) is 0 Å². The van der Waals surface area contributed by atoms with E-state index in [1.807, 2.05) is 0 Å². The third kappa shape index (κ3) is 3.59. The summed E-state index contributed by atoms with van der Waals surface area (Å²) in [6.07, 6.45) is 2.05. The zero-order valence-electron chi connectivity index (χ0n) is 10.1. The maximum Gasteiger partial charge on any atom is 0.257 e. The van der Waals surface area contributed by atoms with Crippen molar-refractivity contribution in [2.24, 2.45) is 0 Å². The van der Waals surface area contributed by atoms with Crippen LogP contribution < -0.4 is 5.32 Å². The number of nitrogens with one attached hydrogen (secondary N) is 1. The van der Waals surface area contributed by atoms with Crippen LogP contribution in [-0.4, -0.2) is 65.4 Å². The number of thioether (sulfide) groups is 1. The Morgan fingerprint density at radius 1 is 1.42 bits per heavy atom. The van der Waals surface area contributed by atoms with Crippen LogP contribution in [0.5, 0.6) is 0 Å². The van der Waals surface area contributed by atoms with Crippen LogP contribution in [0.4, 0.5) is 5.95 Å². The van der Waals surface area contributed by atoms with Gasteiger partial charge in [0.1, 0.15) is 12.7 Å². The van der Waals surface area contributed by atoms with Gasteiger partial charge < -0.3 is 15.5 Å². The molecule has 0 amide bonds. The number of aliphatic hydroxyl groups excluding tert-OH is 2. The van der Waals surface area contributed by atoms with Gasteiger partial charge in [-0.2, -0.15) is 24.7 Å². The molecule has 0 aliphatic carbocycles. The van der Waals surface area contributed by atoms with Crippen molar-refractivity contribution >= 4 is 17.7 Å². The van der Waals surface area contributed by atoms with Gasteiger partial charge in [0, 0.05) is 12.8 Å². The lowest BCUT2D eigenvalue weighted by molar-refractivity contribution is 0.113. The van der Waals surface area contributed by atoms with E-state index in [1.54, 1.807) is 7.05 Å². The van der Waals surface area contributed by atoms with E-state index < -0.39 is 6.10 Å². The molecule has 0 aliphatic heterocycles. The van der Waals surface area contributed by atoms with Crippen molar-refractivity contribution in [2.45, 2.75) is 11.3 Å². The fourth-order valence-electron chi connectivity index (χ4n) is 1.16. The van der Waals surface area contributed by atoms with E-state index in [0.717, 1.165) is 0 Å². The molecule has 2 aromatic rings. The van der Waals surface area contributed by atoms with Crippen molar-refractivity contribution in [1.82, 2.24) is 29.7 Å². The second kappa shape index (κ2) is 6.41. The van der Waals surface area contributed by atoms with Crippen LogP contribution in [0.1, 0.15) is 0 Å². The lowest BCUT2D eigenvalue weighted by Crippen LogP contribution is -2.15. The highest BCUT2D eigenvalue weighted by Gasteiger charge is 2.10. The van der Waals surface area contributed by atoms with Gasteiger partial charge in [0.05, 0.1) is 12.7 Å². The molecular weight excluding hydrogens is 270 g/mol. The van der Waals surface area contributed by atoms with E-state index in [4.69, 9.17) is 5.11 Å². The SMILES string of the molecule is CNc1nc(SCC(O)CO)nc(-n2cncn2)n1. The van der Waals surface area contributed by atoms with Crippen molar-refractivity contribution in [3.8, 4) is 5.95 Å². The summed E-state index contributed by atoms with van der Waals surface area (Å²) < 4.78 is 1.41. The normalized spacial score (nSPS) is 12.4. The monoisotopic (exact) mass is 283 g/mol. The molecule has 1 unspecified atom stereocenters. The number of hydrogen-bond donors (Lipinski definition) is 3. The third-order valence-electron chi connectivity index (χ3n) is 2.07. The zero-order chi connectivity index (χ0) is 13.7. The lowest BCUT2D eigenvalue weighted by atomic mass is 10.4. The number of aliphatic hydroxyl groups is 2. The molecule has 0 aromatic carbocycles. The molecule has 0 fully saturated rings. The Morgan fingerprint density at radius 2 is 2.26 bits per heavy atom. The summed E-state index contributed by atoms with van der Waals surface area (Å²) in [6.45, 7) is -0.299. The number of aromatic nitrogens is 6. The van der Waals surface area contributed by atoms with E-state index in [2.05, 4.69) is 30.4 Å². The molecule has 9 nitrogen and oxygen atoms in total. The minimum atomic E-state index is -0.811. The summed E-state index contributed by atoms with van der Waals surface area (Å²) in [4.78, 5) is 16.3. The van der Waals surface area contributed by atoms with E-state index in [0.29, 0.717) is 22.8 Å². The summed E-state index contributed by atoms with van der Waals surface area (Å²) in [5, 5.41) is 25.3. The molecular formula is C9H13N7O2S. The predicted molar refractivity (Wildman–Crippen MR) is 68.1 cm³/mol. The van der Waals surface area contributed by atoms with Gasteiger partial charge in [-0.1, -0.05) is 11.8 Å². The van der Waals surface area contributed by atoms with Crippen LogP contribution in [0, 0.1) is 0 Å². The largest absolute Gasteiger partial charge is 0.394 e. The number of rotatable bonds is 6. The van der Waals surface area contributed by atoms with Gasteiger partial charge in [-0.3, -0.25) is 0 Å². The third-order valence-corrected chi connectivity index (χ3v) is 3.06. The minimum absolute atomic E-state index is 0.292. The first-order valence-corrected chi connectivity index (χ1v) is 6.42. The standard InChI is InChI=1S/C9H13N7O2S/c1-10-7-13-8(16-5-11-4-12-16)15-9(14-7)19-3-6(18)2-17/h4-6,17-18H,2-3H2,1H3,(H,10,13,14,15). The van der Waals surface area contributed by atoms with Crippen LogP contribution in [-0.2, 0) is 0 Å². The van der Waals surface area contributed by atoms with Crippen molar-refractivity contribution in [3.63, 3.8) is 0 Å².